The summed E-state index contributed by atoms with van der Waals surface area (Å²) in [7, 11) is -5.05. The van der Waals surface area contributed by atoms with Crippen LogP contribution < -0.4 is 5.32 Å². The van der Waals surface area contributed by atoms with E-state index >= 15 is 0 Å². The highest BCUT2D eigenvalue weighted by Crippen LogP contribution is 2.47. The number of amides is 1. The van der Waals surface area contributed by atoms with Crippen molar-refractivity contribution in [3.8, 4) is 0 Å². The fourth-order valence-corrected chi connectivity index (χ4v) is 8.76. The SMILES string of the molecule is CCCCCCCCCCCCCCCCCC(=O)N[C@@H](COP(=O)(O)OC1C(O)C(O)C(O)[C@@H](O)C1O)[C@H](O)CCCCCCCCCCCCCCCCC. The van der Waals surface area contributed by atoms with Crippen molar-refractivity contribution in [2.45, 2.75) is 268 Å². The van der Waals surface area contributed by atoms with Crippen LogP contribution in [0.3, 0.4) is 0 Å². The molecular weight excluding hydrogens is 749 g/mol. The van der Waals surface area contributed by atoms with Crippen molar-refractivity contribution in [2.24, 2.45) is 0 Å². The van der Waals surface area contributed by atoms with Crippen LogP contribution in [0.5, 0.6) is 0 Å². The lowest BCUT2D eigenvalue weighted by atomic mass is 9.85. The van der Waals surface area contributed by atoms with Crippen LogP contribution in [0.4, 0.5) is 0 Å². The van der Waals surface area contributed by atoms with Crippen LogP contribution >= 0.6 is 7.82 Å². The number of aliphatic hydroxyl groups excluding tert-OH is 6. The molecule has 8 N–H and O–H groups in total. The summed E-state index contributed by atoms with van der Waals surface area (Å²) in [5.41, 5.74) is 0. The Hall–Kier alpha value is -0.660. The summed E-state index contributed by atoms with van der Waals surface area (Å²) in [4.78, 5) is 23.4. The standard InChI is InChI=1S/C44H88NO11P/c1-3-5-7-9-11-13-15-17-19-21-23-25-27-29-31-33-37(46)36(35-55-57(53,54)56-44-42(51)40(49)39(48)41(50)43(44)52)45-38(47)34-32-30-28-26-24-22-20-18-16-14-12-10-8-6-4-2/h36-37,39-44,46,48-52H,3-35H2,1-2H3,(H,45,47)(H,53,54)/t36-,37+,39?,40+,41?,42?,43?,44?/m0/s1. The summed E-state index contributed by atoms with van der Waals surface area (Å²) in [6.45, 7) is 3.90. The Kier molecular flexibility index (Phi) is 33.4. The number of phosphoric acid groups is 1. The monoisotopic (exact) mass is 838 g/mol. The minimum atomic E-state index is -5.05. The lowest BCUT2D eigenvalue weighted by Crippen LogP contribution is -2.64. The van der Waals surface area contributed by atoms with Crippen molar-refractivity contribution in [1.82, 2.24) is 5.32 Å². The molecule has 1 rings (SSSR count). The molecule has 0 spiro atoms. The van der Waals surface area contributed by atoms with Gasteiger partial charge in [-0.3, -0.25) is 13.8 Å². The van der Waals surface area contributed by atoms with E-state index in [1.807, 2.05) is 0 Å². The molecule has 340 valence electrons. The Morgan fingerprint density at radius 3 is 1.21 bits per heavy atom. The minimum Gasteiger partial charge on any atom is -0.391 e. The molecule has 1 amide bonds. The third-order valence-corrected chi connectivity index (χ3v) is 12.7. The zero-order valence-corrected chi connectivity index (χ0v) is 37.1. The van der Waals surface area contributed by atoms with E-state index in [1.165, 1.54) is 141 Å². The number of unbranched alkanes of at least 4 members (excludes halogenated alkanes) is 28. The maximum Gasteiger partial charge on any atom is 0.472 e. The average Bonchev–Trinajstić information content (AvgIpc) is 3.19. The zero-order chi connectivity index (χ0) is 42.2. The summed E-state index contributed by atoms with van der Waals surface area (Å²) in [6, 6.07) is -1.02. The molecule has 0 aromatic heterocycles. The lowest BCUT2D eigenvalue weighted by molar-refractivity contribution is -0.220. The molecule has 1 aliphatic rings. The second-order valence-corrected chi connectivity index (χ2v) is 18.4. The third kappa shape index (κ3) is 27.0. The molecule has 0 aliphatic heterocycles. The molecule has 0 aromatic rings. The molecular formula is C44H88NO11P. The molecule has 0 saturated heterocycles. The normalized spacial score (nSPS) is 23.3. The molecule has 57 heavy (non-hydrogen) atoms. The Balaban J connectivity index is 2.46. The summed E-state index contributed by atoms with van der Waals surface area (Å²) >= 11 is 0. The second kappa shape index (κ2) is 35.0. The van der Waals surface area contributed by atoms with Gasteiger partial charge in [0.05, 0.1) is 18.8 Å². The predicted octanol–water partition coefficient (Wildman–Crippen LogP) is 8.68. The summed E-state index contributed by atoms with van der Waals surface area (Å²) in [6.07, 6.45) is 24.1. The first kappa shape index (κ1) is 54.4. The predicted molar refractivity (Wildman–Crippen MR) is 228 cm³/mol. The highest BCUT2D eigenvalue weighted by molar-refractivity contribution is 7.47. The van der Waals surface area contributed by atoms with Crippen LogP contribution in [-0.4, -0.2) is 96.8 Å². The number of nitrogens with one attached hydrogen (secondary N) is 1. The van der Waals surface area contributed by atoms with E-state index in [0.29, 0.717) is 19.3 Å². The topological polar surface area (TPSA) is 206 Å². The quantitative estimate of drug-likeness (QED) is 0.0217. The number of hydrogen-bond donors (Lipinski definition) is 8. The zero-order valence-electron chi connectivity index (χ0n) is 36.2. The molecule has 1 saturated carbocycles. The molecule has 0 heterocycles. The van der Waals surface area contributed by atoms with E-state index in [9.17, 15) is 44.9 Å². The number of phosphoric ester groups is 1. The van der Waals surface area contributed by atoms with Crippen molar-refractivity contribution >= 4 is 13.7 Å². The van der Waals surface area contributed by atoms with Crippen LogP contribution in [0.1, 0.15) is 219 Å². The van der Waals surface area contributed by atoms with Gasteiger partial charge in [0.2, 0.25) is 5.91 Å². The van der Waals surface area contributed by atoms with Crippen molar-refractivity contribution in [2.75, 3.05) is 6.61 Å². The van der Waals surface area contributed by atoms with E-state index in [-0.39, 0.29) is 12.3 Å². The molecule has 9 atom stereocenters. The van der Waals surface area contributed by atoms with Gasteiger partial charge >= 0.3 is 7.82 Å². The van der Waals surface area contributed by atoms with E-state index in [4.69, 9.17) is 9.05 Å². The minimum absolute atomic E-state index is 0.242. The second-order valence-electron chi connectivity index (χ2n) is 17.0. The Morgan fingerprint density at radius 2 is 0.842 bits per heavy atom. The highest BCUT2D eigenvalue weighted by atomic mass is 31.2. The molecule has 1 aliphatic carbocycles. The first-order valence-corrected chi connectivity index (χ1v) is 25.0. The third-order valence-electron chi connectivity index (χ3n) is 11.7. The van der Waals surface area contributed by atoms with Gasteiger partial charge in [-0.25, -0.2) is 4.57 Å². The maximum absolute atomic E-state index is 12.9. The number of carbonyl (C=O) groups is 1. The van der Waals surface area contributed by atoms with Gasteiger partial charge in [-0.1, -0.05) is 200 Å². The molecule has 0 radical (unpaired) electrons. The van der Waals surface area contributed by atoms with Crippen LogP contribution in [0.2, 0.25) is 0 Å². The Labute approximate surface area is 346 Å². The molecule has 13 heteroatoms. The van der Waals surface area contributed by atoms with Crippen LogP contribution in [-0.2, 0) is 18.4 Å². The van der Waals surface area contributed by atoms with Crippen molar-refractivity contribution in [3.63, 3.8) is 0 Å². The van der Waals surface area contributed by atoms with Crippen LogP contribution in [0.25, 0.3) is 0 Å². The van der Waals surface area contributed by atoms with Gasteiger partial charge in [-0.05, 0) is 12.8 Å². The number of hydrogen-bond acceptors (Lipinski definition) is 10. The van der Waals surface area contributed by atoms with Gasteiger partial charge in [0.25, 0.3) is 0 Å². The van der Waals surface area contributed by atoms with E-state index < -0.39 is 63.2 Å². The highest BCUT2D eigenvalue weighted by Gasteiger charge is 2.51. The molecule has 0 bridgehead atoms. The van der Waals surface area contributed by atoms with Crippen LogP contribution in [0, 0.1) is 0 Å². The largest absolute Gasteiger partial charge is 0.472 e. The molecule has 0 aromatic carbocycles. The molecule has 1 fully saturated rings. The maximum atomic E-state index is 12.9. The summed E-state index contributed by atoms with van der Waals surface area (Å²) in [5, 5.41) is 64.1. The summed E-state index contributed by atoms with van der Waals surface area (Å²) < 4.78 is 23.0. The molecule has 12 nitrogen and oxygen atoms in total. The summed E-state index contributed by atoms with van der Waals surface area (Å²) in [5.74, 6) is -0.305. The van der Waals surface area contributed by atoms with Crippen molar-refractivity contribution in [3.05, 3.63) is 0 Å². The van der Waals surface area contributed by atoms with Gasteiger partial charge in [0.15, 0.2) is 0 Å². The fourth-order valence-electron chi connectivity index (χ4n) is 7.79. The first-order valence-electron chi connectivity index (χ1n) is 23.5. The van der Waals surface area contributed by atoms with E-state index in [0.717, 1.165) is 38.5 Å². The van der Waals surface area contributed by atoms with E-state index in [1.54, 1.807) is 0 Å². The number of rotatable bonds is 39. The number of carbonyl (C=O) groups excluding carboxylic acids is 1. The van der Waals surface area contributed by atoms with Crippen molar-refractivity contribution in [1.29, 1.82) is 0 Å². The van der Waals surface area contributed by atoms with Gasteiger partial charge in [-0.2, -0.15) is 0 Å². The van der Waals surface area contributed by atoms with Crippen molar-refractivity contribution < 1.29 is 53.9 Å². The van der Waals surface area contributed by atoms with E-state index in [2.05, 4.69) is 19.2 Å². The Bertz CT molecular complexity index is 978. The fraction of sp³-hybridized carbons (Fsp3) is 0.977. The Morgan fingerprint density at radius 1 is 0.526 bits per heavy atom. The van der Waals surface area contributed by atoms with Crippen LogP contribution in [0.15, 0.2) is 0 Å². The first-order chi connectivity index (χ1) is 27.4. The molecule has 6 unspecified atom stereocenters. The average molecular weight is 838 g/mol. The smallest absolute Gasteiger partial charge is 0.391 e. The van der Waals surface area contributed by atoms with Gasteiger partial charge < -0.3 is 40.8 Å². The number of aliphatic hydroxyl groups is 6. The van der Waals surface area contributed by atoms with Gasteiger partial charge in [-0.15, -0.1) is 0 Å². The van der Waals surface area contributed by atoms with Gasteiger partial charge in [0.1, 0.15) is 36.6 Å². The lowest BCUT2D eigenvalue weighted by Gasteiger charge is -2.41. The van der Waals surface area contributed by atoms with Gasteiger partial charge in [0, 0.05) is 6.42 Å².